The van der Waals surface area contributed by atoms with E-state index in [1.54, 1.807) is 13.0 Å². The van der Waals surface area contributed by atoms with Crippen LogP contribution in [0.4, 0.5) is 14.5 Å². The molecule has 3 nitrogen and oxygen atoms in total. The number of carbonyl (C=O) groups excluding carboxylic acids is 1. The number of nitrogens with one attached hydrogen (secondary N) is 1. The predicted octanol–water partition coefficient (Wildman–Crippen LogP) is 3.57. The van der Waals surface area contributed by atoms with Crippen molar-refractivity contribution in [3.05, 3.63) is 58.4 Å². The molecule has 0 bridgehead atoms. The van der Waals surface area contributed by atoms with Crippen molar-refractivity contribution >= 4 is 23.2 Å². The van der Waals surface area contributed by atoms with Gasteiger partial charge in [-0.2, -0.15) is 0 Å². The van der Waals surface area contributed by atoms with Crippen molar-refractivity contribution in [1.29, 1.82) is 0 Å². The monoisotopic (exact) mass is 282 g/mol. The molecule has 19 heavy (non-hydrogen) atoms. The molecule has 1 N–H and O–H groups in total. The molecule has 0 aliphatic heterocycles. The predicted molar refractivity (Wildman–Crippen MR) is 68.3 cm³/mol. The normalized spacial score (nSPS) is 10.3. The fourth-order valence-corrected chi connectivity index (χ4v) is 1.66. The van der Waals surface area contributed by atoms with Gasteiger partial charge in [-0.3, -0.25) is 4.79 Å². The van der Waals surface area contributed by atoms with Gasteiger partial charge >= 0.3 is 0 Å². The summed E-state index contributed by atoms with van der Waals surface area (Å²) in [7, 11) is 0. The standard InChI is InChI=1S/C13H9ClF2N2O/c1-7-5-10(12(14)17-6-7)18-13(19)8-3-2-4-9(15)11(8)16/h2-6H,1H3,(H,18,19). The zero-order valence-electron chi connectivity index (χ0n) is 9.88. The van der Waals surface area contributed by atoms with Crippen LogP contribution in [-0.2, 0) is 0 Å². The highest BCUT2D eigenvalue weighted by Crippen LogP contribution is 2.21. The lowest BCUT2D eigenvalue weighted by atomic mass is 10.2. The molecule has 1 heterocycles. The van der Waals surface area contributed by atoms with Crippen LogP contribution in [0.2, 0.25) is 5.15 Å². The van der Waals surface area contributed by atoms with E-state index in [0.717, 1.165) is 11.6 Å². The Balaban J connectivity index is 2.31. The number of nitrogens with zero attached hydrogens (tertiary/aromatic N) is 1. The summed E-state index contributed by atoms with van der Waals surface area (Å²) in [6.07, 6.45) is 1.53. The first-order valence-electron chi connectivity index (χ1n) is 5.36. The topological polar surface area (TPSA) is 42.0 Å². The lowest BCUT2D eigenvalue weighted by molar-refractivity contribution is 0.102. The van der Waals surface area contributed by atoms with Gasteiger partial charge in [-0.05, 0) is 30.7 Å². The Kier molecular flexibility index (Phi) is 3.76. The molecule has 0 saturated carbocycles. The van der Waals surface area contributed by atoms with Crippen molar-refractivity contribution in [2.45, 2.75) is 6.92 Å². The molecule has 0 unspecified atom stereocenters. The number of aromatic nitrogens is 1. The summed E-state index contributed by atoms with van der Waals surface area (Å²) in [6, 6.07) is 4.96. The number of amides is 1. The third-order valence-corrected chi connectivity index (χ3v) is 2.72. The number of hydrogen-bond acceptors (Lipinski definition) is 2. The summed E-state index contributed by atoms with van der Waals surface area (Å²) in [5.41, 5.74) is 0.632. The minimum absolute atomic E-state index is 0.0794. The number of halogens is 3. The van der Waals surface area contributed by atoms with Gasteiger partial charge in [-0.15, -0.1) is 0 Å². The summed E-state index contributed by atoms with van der Waals surface area (Å²) in [5, 5.41) is 2.47. The molecule has 0 atom stereocenters. The minimum atomic E-state index is -1.20. The lowest BCUT2D eigenvalue weighted by Crippen LogP contribution is -2.15. The minimum Gasteiger partial charge on any atom is -0.319 e. The number of benzene rings is 1. The van der Waals surface area contributed by atoms with E-state index in [1.165, 1.54) is 18.3 Å². The first-order valence-corrected chi connectivity index (χ1v) is 5.74. The maximum Gasteiger partial charge on any atom is 0.258 e. The molecule has 0 fully saturated rings. The molecule has 0 aliphatic rings. The maximum absolute atomic E-state index is 13.5. The van der Waals surface area contributed by atoms with Gasteiger partial charge in [0, 0.05) is 6.20 Å². The second-order valence-corrected chi connectivity index (χ2v) is 4.26. The van der Waals surface area contributed by atoms with E-state index in [0.29, 0.717) is 0 Å². The Bertz CT molecular complexity index is 647. The van der Waals surface area contributed by atoms with Gasteiger partial charge in [0.05, 0.1) is 11.3 Å². The molecule has 1 amide bonds. The Hall–Kier alpha value is -2.01. The number of rotatable bonds is 2. The van der Waals surface area contributed by atoms with E-state index in [-0.39, 0.29) is 10.8 Å². The van der Waals surface area contributed by atoms with Crippen LogP contribution in [0.3, 0.4) is 0 Å². The highest BCUT2D eigenvalue weighted by atomic mass is 35.5. The Morgan fingerprint density at radius 3 is 2.84 bits per heavy atom. The summed E-state index contributed by atoms with van der Waals surface area (Å²) < 4.78 is 26.5. The Morgan fingerprint density at radius 1 is 1.37 bits per heavy atom. The number of hydrogen-bond donors (Lipinski definition) is 1. The summed E-state index contributed by atoms with van der Waals surface area (Å²) in [4.78, 5) is 15.7. The largest absolute Gasteiger partial charge is 0.319 e. The SMILES string of the molecule is Cc1cnc(Cl)c(NC(=O)c2cccc(F)c2F)c1. The van der Waals surface area contributed by atoms with Crippen LogP contribution >= 0.6 is 11.6 Å². The highest BCUT2D eigenvalue weighted by Gasteiger charge is 2.16. The summed E-state index contributed by atoms with van der Waals surface area (Å²) in [6.45, 7) is 1.77. The number of carbonyl (C=O) groups is 1. The van der Waals surface area contributed by atoms with E-state index in [9.17, 15) is 13.6 Å². The summed E-state index contributed by atoms with van der Waals surface area (Å²) >= 11 is 5.81. The number of pyridine rings is 1. The second kappa shape index (κ2) is 5.32. The fourth-order valence-electron chi connectivity index (χ4n) is 1.51. The molecular formula is C13H9ClF2N2O. The average Bonchev–Trinajstić information content (AvgIpc) is 2.37. The van der Waals surface area contributed by atoms with Crippen molar-refractivity contribution in [2.75, 3.05) is 5.32 Å². The molecule has 0 spiro atoms. The highest BCUT2D eigenvalue weighted by molar-refractivity contribution is 6.32. The van der Waals surface area contributed by atoms with Crippen LogP contribution < -0.4 is 5.32 Å². The molecule has 98 valence electrons. The lowest BCUT2D eigenvalue weighted by Gasteiger charge is -2.08. The van der Waals surface area contributed by atoms with Crippen LogP contribution in [0.5, 0.6) is 0 Å². The molecule has 6 heteroatoms. The summed E-state index contributed by atoms with van der Waals surface area (Å²) in [5.74, 6) is -3.07. The van der Waals surface area contributed by atoms with Crippen LogP contribution in [0.1, 0.15) is 15.9 Å². The van der Waals surface area contributed by atoms with Crippen LogP contribution in [0.15, 0.2) is 30.5 Å². The van der Waals surface area contributed by atoms with E-state index in [1.807, 2.05) is 0 Å². The molecule has 0 radical (unpaired) electrons. The molecule has 2 rings (SSSR count). The first-order chi connectivity index (χ1) is 8.99. The average molecular weight is 283 g/mol. The number of anilines is 1. The van der Waals surface area contributed by atoms with Gasteiger partial charge < -0.3 is 5.32 Å². The van der Waals surface area contributed by atoms with Gasteiger partial charge in [0.15, 0.2) is 16.8 Å². The maximum atomic E-state index is 13.5. The van der Waals surface area contributed by atoms with Gasteiger partial charge in [0.2, 0.25) is 0 Å². The third kappa shape index (κ3) is 2.88. The Morgan fingerprint density at radius 2 is 2.11 bits per heavy atom. The zero-order valence-corrected chi connectivity index (χ0v) is 10.6. The zero-order chi connectivity index (χ0) is 14.0. The van der Waals surface area contributed by atoms with E-state index in [4.69, 9.17) is 11.6 Å². The Labute approximate surface area is 113 Å². The van der Waals surface area contributed by atoms with Crippen molar-refractivity contribution in [1.82, 2.24) is 4.98 Å². The quantitative estimate of drug-likeness (QED) is 0.856. The van der Waals surface area contributed by atoms with Crippen LogP contribution in [0.25, 0.3) is 0 Å². The van der Waals surface area contributed by atoms with Crippen LogP contribution in [0, 0.1) is 18.6 Å². The number of aryl methyl sites for hydroxylation is 1. The van der Waals surface area contributed by atoms with Gasteiger partial charge in [0.1, 0.15) is 0 Å². The van der Waals surface area contributed by atoms with Crippen molar-refractivity contribution < 1.29 is 13.6 Å². The molecule has 1 aromatic carbocycles. The first kappa shape index (κ1) is 13.4. The van der Waals surface area contributed by atoms with Crippen molar-refractivity contribution in [3.8, 4) is 0 Å². The third-order valence-electron chi connectivity index (χ3n) is 2.42. The smallest absolute Gasteiger partial charge is 0.258 e. The van der Waals surface area contributed by atoms with Crippen LogP contribution in [-0.4, -0.2) is 10.9 Å². The molecule has 0 aliphatic carbocycles. The van der Waals surface area contributed by atoms with Crippen molar-refractivity contribution in [3.63, 3.8) is 0 Å². The second-order valence-electron chi connectivity index (χ2n) is 3.91. The van der Waals surface area contributed by atoms with Crippen molar-refractivity contribution in [2.24, 2.45) is 0 Å². The van der Waals surface area contributed by atoms with Gasteiger partial charge in [-0.25, -0.2) is 13.8 Å². The van der Waals surface area contributed by atoms with E-state index in [2.05, 4.69) is 10.3 Å². The van der Waals surface area contributed by atoms with Gasteiger partial charge in [-0.1, -0.05) is 17.7 Å². The van der Waals surface area contributed by atoms with E-state index >= 15 is 0 Å². The molecular weight excluding hydrogens is 274 g/mol. The fraction of sp³-hybridized carbons (Fsp3) is 0.0769. The molecule has 1 aromatic heterocycles. The molecule has 2 aromatic rings. The van der Waals surface area contributed by atoms with E-state index < -0.39 is 23.1 Å². The van der Waals surface area contributed by atoms with Gasteiger partial charge in [0.25, 0.3) is 5.91 Å². The molecule has 0 saturated heterocycles.